The number of carbonyl (C=O) groups excluding carboxylic acids is 1. The SMILES string of the molecule is CCc1cc2ccc(C(C)N3CCN(C(=O)CC#N)CC3)cc2[nH]c1=O. The number of benzene rings is 1. The maximum absolute atomic E-state index is 12.1. The van der Waals surface area contributed by atoms with E-state index in [1.165, 1.54) is 0 Å². The van der Waals surface area contributed by atoms with Gasteiger partial charge in [0, 0.05) is 43.3 Å². The van der Waals surface area contributed by atoms with Crippen molar-refractivity contribution in [1.82, 2.24) is 14.8 Å². The predicted molar refractivity (Wildman–Crippen MR) is 101 cm³/mol. The minimum Gasteiger partial charge on any atom is -0.339 e. The molecule has 1 aliphatic rings. The summed E-state index contributed by atoms with van der Waals surface area (Å²) in [7, 11) is 0. The Morgan fingerprint density at radius 1 is 1.27 bits per heavy atom. The van der Waals surface area contributed by atoms with E-state index >= 15 is 0 Å². The maximum atomic E-state index is 12.1. The van der Waals surface area contributed by atoms with Gasteiger partial charge in [-0.1, -0.05) is 19.1 Å². The van der Waals surface area contributed by atoms with Gasteiger partial charge in [0.05, 0.1) is 6.07 Å². The van der Waals surface area contributed by atoms with Gasteiger partial charge in [-0.25, -0.2) is 0 Å². The number of amides is 1. The molecule has 1 amide bonds. The molecule has 1 fully saturated rings. The zero-order chi connectivity index (χ0) is 18.7. The highest BCUT2D eigenvalue weighted by Crippen LogP contribution is 2.24. The van der Waals surface area contributed by atoms with Gasteiger partial charge in [0.1, 0.15) is 6.42 Å². The van der Waals surface area contributed by atoms with Crippen molar-refractivity contribution in [3.8, 4) is 6.07 Å². The summed E-state index contributed by atoms with van der Waals surface area (Å²) in [5, 5.41) is 9.71. The average molecular weight is 352 g/mol. The van der Waals surface area contributed by atoms with Gasteiger partial charge in [0.2, 0.25) is 5.91 Å². The molecule has 1 aliphatic heterocycles. The van der Waals surface area contributed by atoms with Crippen LogP contribution in [0.1, 0.15) is 37.4 Å². The molecule has 1 atom stereocenters. The topological polar surface area (TPSA) is 80.2 Å². The fraction of sp³-hybridized carbons (Fsp3) is 0.450. The van der Waals surface area contributed by atoms with Crippen molar-refractivity contribution in [2.45, 2.75) is 32.7 Å². The summed E-state index contributed by atoms with van der Waals surface area (Å²) in [6.45, 7) is 6.98. The molecule has 136 valence electrons. The number of aromatic amines is 1. The monoisotopic (exact) mass is 352 g/mol. The maximum Gasteiger partial charge on any atom is 0.251 e. The summed E-state index contributed by atoms with van der Waals surface area (Å²) in [6.07, 6.45) is 0.672. The van der Waals surface area contributed by atoms with Crippen molar-refractivity contribution in [3.63, 3.8) is 0 Å². The molecule has 1 unspecified atom stereocenters. The molecular formula is C20H24N4O2. The van der Waals surface area contributed by atoms with Crippen molar-refractivity contribution >= 4 is 16.8 Å². The van der Waals surface area contributed by atoms with Crippen LogP contribution < -0.4 is 5.56 Å². The van der Waals surface area contributed by atoms with E-state index in [2.05, 4.69) is 28.9 Å². The predicted octanol–water partition coefficient (Wildman–Crippen LogP) is 2.21. The molecule has 1 N–H and O–H groups in total. The lowest BCUT2D eigenvalue weighted by Gasteiger charge is -2.38. The minimum absolute atomic E-state index is 0.0191. The van der Waals surface area contributed by atoms with Crippen molar-refractivity contribution in [2.75, 3.05) is 26.2 Å². The highest BCUT2D eigenvalue weighted by molar-refractivity contribution is 5.80. The summed E-state index contributed by atoms with van der Waals surface area (Å²) < 4.78 is 0. The fourth-order valence-electron chi connectivity index (χ4n) is 3.54. The van der Waals surface area contributed by atoms with Gasteiger partial charge in [0.15, 0.2) is 0 Å². The van der Waals surface area contributed by atoms with Gasteiger partial charge in [-0.15, -0.1) is 0 Å². The van der Waals surface area contributed by atoms with E-state index < -0.39 is 0 Å². The summed E-state index contributed by atoms with van der Waals surface area (Å²) in [5.41, 5.74) is 2.79. The molecule has 0 spiro atoms. The Morgan fingerprint density at radius 3 is 2.65 bits per heavy atom. The third kappa shape index (κ3) is 3.63. The summed E-state index contributed by atoms with van der Waals surface area (Å²) in [5.74, 6) is -0.0881. The van der Waals surface area contributed by atoms with E-state index in [1.807, 2.05) is 25.1 Å². The van der Waals surface area contributed by atoms with Crippen LogP contribution in [0.5, 0.6) is 0 Å². The van der Waals surface area contributed by atoms with Crippen molar-refractivity contribution < 1.29 is 4.79 Å². The van der Waals surface area contributed by atoms with Crippen LogP contribution in [-0.4, -0.2) is 46.9 Å². The van der Waals surface area contributed by atoms with Crippen LogP contribution in [0.2, 0.25) is 0 Å². The second kappa shape index (κ2) is 7.71. The number of nitrogens with zero attached hydrogens (tertiary/aromatic N) is 3. The van der Waals surface area contributed by atoms with Gasteiger partial charge >= 0.3 is 0 Å². The number of nitrogens with one attached hydrogen (secondary N) is 1. The molecule has 3 rings (SSSR count). The van der Waals surface area contributed by atoms with Gasteiger partial charge in [-0.3, -0.25) is 14.5 Å². The van der Waals surface area contributed by atoms with Crippen LogP contribution in [0.25, 0.3) is 10.9 Å². The van der Waals surface area contributed by atoms with E-state index in [1.54, 1.807) is 4.90 Å². The lowest BCUT2D eigenvalue weighted by Crippen LogP contribution is -2.49. The number of H-pyrrole nitrogens is 1. The number of hydrogen-bond acceptors (Lipinski definition) is 4. The molecule has 2 heterocycles. The number of fused-ring (bicyclic) bond motifs is 1. The van der Waals surface area contributed by atoms with E-state index in [4.69, 9.17) is 5.26 Å². The average Bonchev–Trinajstić information content (AvgIpc) is 2.66. The Labute approximate surface area is 153 Å². The molecule has 0 saturated carbocycles. The number of hydrogen-bond donors (Lipinski definition) is 1. The quantitative estimate of drug-likeness (QED) is 0.915. The van der Waals surface area contributed by atoms with Gasteiger partial charge in [0.25, 0.3) is 5.56 Å². The van der Waals surface area contributed by atoms with Crippen LogP contribution in [0.3, 0.4) is 0 Å². The second-order valence-corrected chi connectivity index (χ2v) is 6.75. The van der Waals surface area contributed by atoms with Crippen molar-refractivity contribution in [3.05, 3.63) is 45.7 Å². The molecule has 1 aromatic heterocycles. The van der Waals surface area contributed by atoms with E-state index in [0.29, 0.717) is 13.1 Å². The first-order valence-corrected chi connectivity index (χ1v) is 9.08. The zero-order valence-corrected chi connectivity index (χ0v) is 15.3. The van der Waals surface area contributed by atoms with Crippen LogP contribution >= 0.6 is 0 Å². The number of piperazine rings is 1. The Hall–Kier alpha value is -2.65. The number of aromatic nitrogens is 1. The Morgan fingerprint density at radius 2 is 2.00 bits per heavy atom. The molecule has 0 aliphatic carbocycles. The molecule has 1 aromatic carbocycles. The number of rotatable bonds is 4. The summed E-state index contributed by atoms with van der Waals surface area (Å²) in [4.78, 5) is 31.0. The Balaban J connectivity index is 1.74. The highest BCUT2D eigenvalue weighted by atomic mass is 16.2. The molecule has 1 saturated heterocycles. The van der Waals surface area contributed by atoms with Crippen LogP contribution in [0.15, 0.2) is 29.1 Å². The molecule has 0 bridgehead atoms. The number of nitriles is 1. The molecule has 26 heavy (non-hydrogen) atoms. The largest absolute Gasteiger partial charge is 0.339 e. The smallest absolute Gasteiger partial charge is 0.251 e. The molecule has 6 nitrogen and oxygen atoms in total. The first kappa shape index (κ1) is 18.2. The second-order valence-electron chi connectivity index (χ2n) is 6.75. The molecule has 6 heteroatoms. The first-order chi connectivity index (χ1) is 12.5. The first-order valence-electron chi connectivity index (χ1n) is 9.08. The van der Waals surface area contributed by atoms with Crippen LogP contribution in [0.4, 0.5) is 0 Å². The highest BCUT2D eigenvalue weighted by Gasteiger charge is 2.24. The molecular weight excluding hydrogens is 328 g/mol. The third-order valence-corrected chi connectivity index (χ3v) is 5.26. The van der Waals surface area contributed by atoms with Gasteiger partial charge in [-0.2, -0.15) is 5.26 Å². The summed E-state index contributed by atoms with van der Waals surface area (Å²) in [6, 6.07) is 10.3. The Bertz CT molecular complexity index is 904. The van der Waals surface area contributed by atoms with E-state index in [-0.39, 0.29) is 23.9 Å². The summed E-state index contributed by atoms with van der Waals surface area (Å²) >= 11 is 0. The normalized spacial score (nSPS) is 16.4. The molecule has 0 radical (unpaired) electrons. The van der Waals surface area contributed by atoms with Gasteiger partial charge < -0.3 is 9.88 Å². The van der Waals surface area contributed by atoms with E-state index in [0.717, 1.165) is 41.5 Å². The number of pyridine rings is 1. The lowest BCUT2D eigenvalue weighted by atomic mass is 10.0. The van der Waals surface area contributed by atoms with Crippen LogP contribution in [0, 0.1) is 11.3 Å². The number of aryl methyl sites for hydroxylation is 1. The van der Waals surface area contributed by atoms with Crippen LogP contribution in [-0.2, 0) is 11.2 Å². The third-order valence-electron chi connectivity index (χ3n) is 5.26. The number of carbonyl (C=O) groups is 1. The lowest BCUT2D eigenvalue weighted by molar-refractivity contribution is -0.132. The van der Waals surface area contributed by atoms with E-state index in [9.17, 15) is 9.59 Å². The molecule has 2 aromatic rings. The van der Waals surface area contributed by atoms with Crippen molar-refractivity contribution in [1.29, 1.82) is 5.26 Å². The zero-order valence-electron chi connectivity index (χ0n) is 15.3. The fourth-order valence-corrected chi connectivity index (χ4v) is 3.54. The Kier molecular flexibility index (Phi) is 5.38. The minimum atomic E-state index is -0.0881. The van der Waals surface area contributed by atoms with Crippen molar-refractivity contribution in [2.24, 2.45) is 0 Å². The standard InChI is InChI=1S/C20H24N4O2/c1-3-15-12-17-5-4-16(13-18(17)22-20(15)26)14(2)23-8-10-24(11-9-23)19(25)6-7-21/h4-5,12-14H,3,6,8-11H2,1-2H3,(H,22,26). The van der Waals surface area contributed by atoms with Gasteiger partial charge in [-0.05, 0) is 36.4 Å².